The highest BCUT2D eigenvalue weighted by atomic mass is 127. The molecule has 0 fully saturated rings. The topological polar surface area (TPSA) is 49.9 Å². The molecule has 5 heteroatoms. The molecule has 0 radical (unpaired) electrons. The molecule has 0 spiro atoms. The van der Waals surface area contributed by atoms with Crippen LogP contribution in [0, 0.1) is 3.57 Å². The monoisotopic (exact) mass is 283 g/mol. The number of rotatable bonds is 1. The number of nitrogens with one attached hydrogen (secondary N) is 1. The van der Waals surface area contributed by atoms with E-state index in [-0.39, 0.29) is 5.56 Å². The highest BCUT2D eigenvalue weighted by Crippen LogP contribution is 2.08. The summed E-state index contributed by atoms with van der Waals surface area (Å²) in [5.41, 5.74) is -0.438. The highest BCUT2D eigenvalue weighted by Gasteiger charge is 2.10. The van der Waals surface area contributed by atoms with Crippen LogP contribution in [0.3, 0.4) is 0 Å². The molecular formula is C6H3ClINO2. The van der Waals surface area contributed by atoms with E-state index >= 15 is 0 Å². The number of halogens is 2. The van der Waals surface area contributed by atoms with Crippen molar-refractivity contribution in [1.29, 1.82) is 0 Å². The van der Waals surface area contributed by atoms with Gasteiger partial charge in [0, 0.05) is 9.77 Å². The fourth-order valence-corrected chi connectivity index (χ4v) is 1.65. The summed E-state index contributed by atoms with van der Waals surface area (Å²) in [6.07, 6.45) is 1.47. The lowest BCUT2D eigenvalue weighted by molar-refractivity contribution is 0.107. The van der Waals surface area contributed by atoms with Crippen LogP contribution in [0.4, 0.5) is 0 Å². The van der Waals surface area contributed by atoms with Crippen LogP contribution in [0.1, 0.15) is 10.4 Å². The van der Waals surface area contributed by atoms with Crippen molar-refractivity contribution in [3.05, 3.63) is 31.8 Å². The van der Waals surface area contributed by atoms with Gasteiger partial charge in [0.15, 0.2) is 0 Å². The molecule has 1 N–H and O–H groups in total. The molecule has 0 bridgehead atoms. The van der Waals surface area contributed by atoms with Gasteiger partial charge in [0.05, 0.1) is 0 Å². The number of hydrogen-bond acceptors (Lipinski definition) is 2. The molecule has 0 unspecified atom stereocenters. The first kappa shape index (κ1) is 8.73. The van der Waals surface area contributed by atoms with Gasteiger partial charge < -0.3 is 4.98 Å². The van der Waals surface area contributed by atoms with Gasteiger partial charge >= 0.3 is 0 Å². The van der Waals surface area contributed by atoms with Gasteiger partial charge in [0.2, 0.25) is 0 Å². The van der Waals surface area contributed by atoms with E-state index in [1.54, 1.807) is 6.07 Å². The first-order valence-electron chi connectivity index (χ1n) is 2.70. The van der Waals surface area contributed by atoms with Crippen molar-refractivity contribution in [2.45, 2.75) is 0 Å². The van der Waals surface area contributed by atoms with Gasteiger partial charge in [-0.15, -0.1) is 0 Å². The first-order valence-corrected chi connectivity index (χ1v) is 4.15. The van der Waals surface area contributed by atoms with Crippen LogP contribution in [0.25, 0.3) is 0 Å². The van der Waals surface area contributed by atoms with Gasteiger partial charge in [-0.3, -0.25) is 9.59 Å². The Bertz CT molecular complexity index is 347. The van der Waals surface area contributed by atoms with E-state index in [4.69, 9.17) is 11.6 Å². The molecule has 1 rings (SSSR count). The molecule has 0 saturated heterocycles. The number of H-pyrrole nitrogens is 1. The Morgan fingerprint density at radius 2 is 2.27 bits per heavy atom. The van der Waals surface area contributed by atoms with Crippen molar-refractivity contribution < 1.29 is 4.79 Å². The van der Waals surface area contributed by atoms with Crippen LogP contribution in [0.5, 0.6) is 0 Å². The maximum Gasteiger partial charge on any atom is 0.261 e. The average molecular weight is 283 g/mol. The Balaban J connectivity index is 3.45. The van der Waals surface area contributed by atoms with Crippen molar-refractivity contribution in [3.63, 3.8) is 0 Å². The molecule has 1 aromatic rings. The van der Waals surface area contributed by atoms with Gasteiger partial charge in [-0.05, 0) is 40.3 Å². The van der Waals surface area contributed by atoms with Crippen LogP contribution in [-0.2, 0) is 0 Å². The molecule has 0 aliphatic carbocycles. The molecular weight excluding hydrogens is 280 g/mol. The Hall–Kier alpha value is -0.360. The SMILES string of the molecule is O=C(Cl)c1c(I)cc[nH]c1=O. The van der Waals surface area contributed by atoms with E-state index in [1.165, 1.54) is 6.20 Å². The van der Waals surface area contributed by atoms with Crippen molar-refractivity contribution in [2.75, 3.05) is 0 Å². The molecule has 0 saturated carbocycles. The second-order valence-corrected chi connectivity index (χ2v) is 3.31. The fourth-order valence-electron chi connectivity index (χ4n) is 0.638. The molecule has 11 heavy (non-hydrogen) atoms. The summed E-state index contributed by atoms with van der Waals surface area (Å²) < 4.78 is 0.561. The zero-order valence-electron chi connectivity index (χ0n) is 5.23. The molecule has 1 heterocycles. The minimum Gasteiger partial charge on any atom is -0.328 e. The Morgan fingerprint density at radius 1 is 1.64 bits per heavy atom. The van der Waals surface area contributed by atoms with E-state index in [9.17, 15) is 9.59 Å². The summed E-state index contributed by atoms with van der Waals surface area (Å²) in [6, 6.07) is 1.61. The molecule has 0 atom stereocenters. The Kier molecular flexibility index (Phi) is 2.67. The Labute approximate surface area is 80.9 Å². The lowest BCUT2D eigenvalue weighted by Crippen LogP contribution is -2.15. The maximum absolute atomic E-state index is 10.9. The molecule has 58 valence electrons. The summed E-state index contributed by atoms with van der Waals surface area (Å²) in [4.78, 5) is 23.9. The molecule has 0 aliphatic heterocycles. The number of aromatic amines is 1. The minimum absolute atomic E-state index is 0.00904. The smallest absolute Gasteiger partial charge is 0.261 e. The van der Waals surface area contributed by atoms with Crippen LogP contribution >= 0.6 is 34.2 Å². The van der Waals surface area contributed by atoms with Crippen molar-refractivity contribution in [2.24, 2.45) is 0 Å². The number of pyridine rings is 1. The lowest BCUT2D eigenvalue weighted by atomic mass is 10.3. The summed E-state index contributed by atoms with van der Waals surface area (Å²) in [7, 11) is 0. The lowest BCUT2D eigenvalue weighted by Gasteiger charge is -1.93. The van der Waals surface area contributed by atoms with Gasteiger partial charge in [-0.25, -0.2) is 0 Å². The van der Waals surface area contributed by atoms with Gasteiger partial charge in [-0.1, -0.05) is 0 Å². The number of hydrogen-bond donors (Lipinski definition) is 1. The second-order valence-electron chi connectivity index (χ2n) is 1.80. The average Bonchev–Trinajstić information content (AvgIpc) is 1.85. The van der Waals surface area contributed by atoms with E-state index in [1.807, 2.05) is 22.6 Å². The fraction of sp³-hybridized carbons (Fsp3) is 0. The summed E-state index contributed by atoms with van der Waals surface area (Å²) in [5, 5.41) is -0.726. The predicted molar refractivity (Wildman–Crippen MR) is 50.0 cm³/mol. The largest absolute Gasteiger partial charge is 0.328 e. The third kappa shape index (κ3) is 1.81. The zero-order chi connectivity index (χ0) is 8.43. The highest BCUT2D eigenvalue weighted by molar-refractivity contribution is 14.1. The number of carbonyl (C=O) groups is 1. The zero-order valence-corrected chi connectivity index (χ0v) is 8.14. The summed E-state index contributed by atoms with van der Waals surface area (Å²) in [5.74, 6) is 0. The maximum atomic E-state index is 10.9. The standard InChI is InChI=1S/C6H3ClINO2/c7-5(10)4-3(8)1-2-9-6(4)11/h1-2H,(H,9,11). The van der Waals surface area contributed by atoms with Crippen LogP contribution in [-0.4, -0.2) is 10.2 Å². The minimum atomic E-state index is -0.726. The molecule has 1 aromatic heterocycles. The van der Waals surface area contributed by atoms with Crippen LogP contribution < -0.4 is 5.56 Å². The summed E-state index contributed by atoms with van der Waals surface area (Å²) in [6.45, 7) is 0. The van der Waals surface area contributed by atoms with E-state index < -0.39 is 10.8 Å². The van der Waals surface area contributed by atoms with E-state index in [0.717, 1.165) is 0 Å². The Morgan fingerprint density at radius 3 is 2.64 bits per heavy atom. The summed E-state index contributed by atoms with van der Waals surface area (Å²) >= 11 is 7.03. The van der Waals surface area contributed by atoms with Crippen molar-refractivity contribution in [1.82, 2.24) is 4.98 Å². The van der Waals surface area contributed by atoms with E-state index in [0.29, 0.717) is 3.57 Å². The number of carbonyl (C=O) groups excluding carboxylic acids is 1. The van der Waals surface area contributed by atoms with Gasteiger partial charge in [0.25, 0.3) is 10.8 Å². The van der Waals surface area contributed by atoms with Crippen molar-refractivity contribution in [3.8, 4) is 0 Å². The second kappa shape index (κ2) is 3.36. The third-order valence-corrected chi connectivity index (χ3v) is 2.19. The van der Waals surface area contributed by atoms with Gasteiger partial charge in [-0.2, -0.15) is 0 Å². The van der Waals surface area contributed by atoms with E-state index in [2.05, 4.69) is 4.98 Å². The van der Waals surface area contributed by atoms with Crippen LogP contribution in [0.2, 0.25) is 0 Å². The number of aromatic nitrogens is 1. The van der Waals surface area contributed by atoms with Crippen LogP contribution in [0.15, 0.2) is 17.1 Å². The molecule has 3 nitrogen and oxygen atoms in total. The quantitative estimate of drug-likeness (QED) is 0.625. The third-order valence-electron chi connectivity index (χ3n) is 1.11. The molecule has 0 amide bonds. The predicted octanol–water partition coefficient (Wildman–Crippen LogP) is 1.36. The molecule has 0 aromatic carbocycles. The normalized spacial score (nSPS) is 9.64. The van der Waals surface area contributed by atoms with Gasteiger partial charge in [0.1, 0.15) is 5.56 Å². The van der Waals surface area contributed by atoms with Crippen molar-refractivity contribution >= 4 is 39.4 Å². The first-order chi connectivity index (χ1) is 5.13. The molecule has 0 aliphatic rings.